The van der Waals surface area contributed by atoms with Crippen molar-refractivity contribution in [1.82, 2.24) is 10.2 Å². The summed E-state index contributed by atoms with van der Waals surface area (Å²) in [7, 11) is 1.54. The highest BCUT2D eigenvalue weighted by molar-refractivity contribution is 7.12. The second-order valence-electron chi connectivity index (χ2n) is 9.06. The number of halogens is 1. The van der Waals surface area contributed by atoms with Gasteiger partial charge in [-0.05, 0) is 46.8 Å². The Morgan fingerprint density at radius 1 is 0.816 bits per heavy atom. The van der Waals surface area contributed by atoms with E-state index in [0.29, 0.717) is 15.6 Å². The summed E-state index contributed by atoms with van der Waals surface area (Å²) in [6.07, 6.45) is 0. The summed E-state index contributed by atoms with van der Waals surface area (Å²) in [5.41, 5.74) is 2.13. The molecule has 1 aliphatic heterocycles. The van der Waals surface area contributed by atoms with Gasteiger partial charge in [-0.1, -0.05) is 78.3 Å². The third kappa shape index (κ3) is 4.95. The highest BCUT2D eigenvalue weighted by Crippen LogP contribution is 2.51. The van der Waals surface area contributed by atoms with E-state index in [-0.39, 0.29) is 11.7 Å². The minimum Gasteiger partial charge on any atom is -0.357 e. The number of anilines is 1. The van der Waals surface area contributed by atoms with Crippen LogP contribution in [0.25, 0.3) is 0 Å². The first-order valence-electron chi connectivity index (χ1n) is 12.2. The lowest BCUT2D eigenvalue weighted by Gasteiger charge is -2.31. The third-order valence-electron chi connectivity index (χ3n) is 6.90. The van der Waals surface area contributed by atoms with E-state index in [9.17, 15) is 14.4 Å². The van der Waals surface area contributed by atoms with Crippen LogP contribution in [-0.2, 0) is 4.79 Å². The van der Waals surface area contributed by atoms with Gasteiger partial charge >= 0.3 is 6.03 Å². The number of nitrogens with zero attached hydrogens (tertiary/aromatic N) is 1. The average Bonchev–Trinajstić information content (AvgIpc) is 3.61. The van der Waals surface area contributed by atoms with Gasteiger partial charge in [-0.25, -0.2) is 4.79 Å². The van der Waals surface area contributed by atoms with Gasteiger partial charge in [0.25, 0.3) is 0 Å². The number of Topliss-reactive ketones (excluding diaryl/α,β-unsaturated/α-hetero) is 1. The monoisotopic (exact) mass is 543 g/mol. The molecule has 4 aromatic rings. The van der Waals surface area contributed by atoms with Crippen LogP contribution in [-0.4, -0.2) is 35.7 Å². The lowest BCUT2D eigenvalue weighted by molar-refractivity contribution is -0.124. The maximum Gasteiger partial charge on any atom is 0.323 e. The largest absolute Gasteiger partial charge is 0.357 e. The van der Waals surface area contributed by atoms with E-state index in [0.717, 1.165) is 11.1 Å². The summed E-state index contributed by atoms with van der Waals surface area (Å²) in [4.78, 5) is 44.0. The topological polar surface area (TPSA) is 78.5 Å². The minimum absolute atomic E-state index is 0.113. The minimum atomic E-state index is -0.955. The van der Waals surface area contributed by atoms with Crippen LogP contribution in [0.5, 0.6) is 0 Å². The summed E-state index contributed by atoms with van der Waals surface area (Å²) < 4.78 is 0. The number of urea groups is 1. The zero-order chi connectivity index (χ0) is 26.6. The maximum atomic E-state index is 14.2. The Morgan fingerprint density at radius 3 is 2.08 bits per heavy atom. The molecule has 1 aromatic heterocycles. The fourth-order valence-electron chi connectivity index (χ4n) is 5.29. The number of likely N-dealkylation sites (N-methyl/N-ethyl adjacent to an activating group) is 1. The normalized spacial score (nSPS) is 20.6. The van der Waals surface area contributed by atoms with Crippen LogP contribution in [0.4, 0.5) is 10.5 Å². The molecule has 3 amide bonds. The van der Waals surface area contributed by atoms with Gasteiger partial charge in [-0.15, -0.1) is 11.3 Å². The van der Waals surface area contributed by atoms with E-state index >= 15 is 0 Å². The van der Waals surface area contributed by atoms with Crippen LogP contribution in [0.15, 0.2) is 102 Å². The molecular weight excluding hydrogens is 518 g/mol. The Morgan fingerprint density at radius 2 is 1.47 bits per heavy atom. The molecule has 1 saturated heterocycles. The number of ketones is 1. The number of hydrogen-bond acceptors (Lipinski definition) is 4. The lowest BCUT2D eigenvalue weighted by Crippen LogP contribution is -2.49. The van der Waals surface area contributed by atoms with Crippen molar-refractivity contribution >= 4 is 46.3 Å². The van der Waals surface area contributed by atoms with E-state index in [1.165, 1.54) is 16.2 Å². The van der Waals surface area contributed by atoms with Gasteiger partial charge in [-0.2, -0.15) is 0 Å². The molecule has 8 heteroatoms. The molecule has 6 nitrogen and oxygen atoms in total. The number of thiophene rings is 1. The van der Waals surface area contributed by atoms with Crippen molar-refractivity contribution in [2.24, 2.45) is 5.92 Å². The second-order valence-corrected chi connectivity index (χ2v) is 10.4. The van der Waals surface area contributed by atoms with E-state index in [4.69, 9.17) is 11.6 Å². The van der Waals surface area contributed by atoms with Crippen molar-refractivity contribution in [1.29, 1.82) is 0 Å². The zero-order valence-corrected chi connectivity index (χ0v) is 22.2. The lowest BCUT2D eigenvalue weighted by atomic mass is 9.77. The first-order valence-corrected chi connectivity index (χ1v) is 13.5. The molecule has 3 aromatic carbocycles. The zero-order valence-electron chi connectivity index (χ0n) is 20.6. The maximum absolute atomic E-state index is 14.2. The number of benzene rings is 3. The van der Waals surface area contributed by atoms with Crippen LogP contribution < -0.4 is 10.6 Å². The summed E-state index contributed by atoms with van der Waals surface area (Å²) >= 11 is 7.55. The summed E-state index contributed by atoms with van der Waals surface area (Å²) in [5.74, 6) is -1.80. The average molecular weight is 544 g/mol. The number of hydrogen-bond donors (Lipinski definition) is 2. The van der Waals surface area contributed by atoms with Crippen molar-refractivity contribution in [2.75, 3.05) is 12.4 Å². The fourth-order valence-corrected chi connectivity index (χ4v) is 6.13. The molecule has 0 aliphatic carbocycles. The second kappa shape index (κ2) is 11.2. The quantitative estimate of drug-likeness (QED) is 0.277. The van der Waals surface area contributed by atoms with E-state index in [1.807, 2.05) is 72.1 Å². The summed E-state index contributed by atoms with van der Waals surface area (Å²) in [6.45, 7) is 0. The van der Waals surface area contributed by atoms with E-state index < -0.39 is 30.0 Å². The van der Waals surface area contributed by atoms with Crippen LogP contribution in [0.1, 0.15) is 32.8 Å². The van der Waals surface area contributed by atoms with Crippen molar-refractivity contribution < 1.29 is 14.4 Å². The van der Waals surface area contributed by atoms with Gasteiger partial charge in [0.2, 0.25) is 5.91 Å². The Bertz CT molecular complexity index is 1410. The molecule has 1 fully saturated rings. The molecule has 4 unspecified atom stereocenters. The molecule has 1 aliphatic rings. The van der Waals surface area contributed by atoms with E-state index in [2.05, 4.69) is 10.6 Å². The number of carbonyl (C=O) groups is 3. The first kappa shape index (κ1) is 25.7. The smallest absolute Gasteiger partial charge is 0.323 e. The van der Waals surface area contributed by atoms with Gasteiger partial charge in [0.05, 0.1) is 16.8 Å². The number of para-hydroxylation sites is 1. The van der Waals surface area contributed by atoms with Crippen LogP contribution >= 0.6 is 22.9 Å². The predicted octanol–water partition coefficient (Wildman–Crippen LogP) is 6.39. The Hall–Kier alpha value is -3.94. The number of amides is 3. The molecule has 5 rings (SSSR count). The third-order valence-corrected chi connectivity index (χ3v) is 8.04. The van der Waals surface area contributed by atoms with Gasteiger partial charge in [-0.3, -0.25) is 9.59 Å². The predicted molar refractivity (Wildman–Crippen MR) is 151 cm³/mol. The molecule has 0 spiro atoms. The van der Waals surface area contributed by atoms with Gasteiger partial charge in [0.1, 0.15) is 6.04 Å². The molecule has 0 saturated carbocycles. The highest BCUT2D eigenvalue weighted by Gasteiger charge is 2.57. The van der Waals surface area contributed by atoms with Crippen LogP contribution in [0, 0.1) is 5.92 Å². The summed E-state index contributed by atoms with van der Waals surface area (Å²) in [5, 5.41) is 8.08. The number of rotatable bonds is 6. The van der Waals surface area contributed by atoms with Crippen LogP contribution in [0.2, 0.25) is 5.02 Å². The molecule has 0 radical (unpaired) electrons. The van der Waals surface area contributed by atoms with E-state index in [1.54, 1.807) is 37.4 Å². The Kier molecular flexibility index (Phi) is 7.58. The summed E-state index contributed by atoms with van der Waals surface area (Å²) in [6, 6.07) is 27.2. The molecule has 2 heterocycles. The molecule has 4 atom stereocenters. The molecule has 2 N–H and O–H groups in total. The molecule has 0 bridgehead atoms. The molecule has 192 valence electrons. The number of nitrogens with one attached hydrogen (secondary N) is 2. The van der Waals surface area contributed by atoms with Crippen molar-refractivity contribution in [3.05, 3.63) is 123 Å². The standard InChI is InChI=1S/C30H26ClN3O3S/c1-32-29(36)27-24(19-14-16-21(31)17-15-19)25(28(35)23-13-8-18-38-23)26(20-9-4-2-5-10-20)34(27)30(37)33-22-11-6-3-7-12-22/h2-18,24-27H,1H3,(H,32,36)(H,33,37). The van der Waals surface area contributed by atoms with Gasteiger partial charge in [0, 0.05) is 23.7 Å². The SMILES string of the molecule is CNC(=O)C1C(c2ccc(Cl)cc2)C(C(=O)c2cccs2)C(c2ccccc2)N1C(=O)Nc1ccccc1. The Labute approximate surface area is 230 Å². The van der Waals surface area contributed by atoms with Crippen LogP contribution in [0.3, 0.4) is 0 Å². The Balaban J connectivity index is 1.72. The fraction of sp³-hybridized carbons (Fsp3) is 0.167. The first-order chi connectivity index (χ1) is 18.5. The number of carbonyl (C=O) groups excluding carboxylic acids is 3. The van der Waals surface area contributed by atoms with Crippen molar-refractivity contribution in [3.8, 4) is 0 Å². The van der Waals surface area contributed by atoms with Crippen molar-refractivity contribution in [2.45, 2.75) is 18.0 Å². The van der Waals surface area contributed by atoms with Crippen molar-refractivity contribution in [3.63, 3.8) is 0 Å². The molecular formula is C30H26ClN3O3S. The van der Waals surface area contributed by atoms with Gasteiger partial charge < -0.3 is 15.5 Å². The highest BCUT2D eigenvalue weighted by atomic mass is 35.5. The van der Waals surface area contributed by atoms with Gasteiger partial charge in [0.15, 0.2) is 5.78 Å². The number of likely N-dealkylation sites (tertiary alicyclic amines) is 1. The molecule has 38 heavy (non-hydrogen) atoms.